The molecule has 26 heavy (non-hydrogen) atoms. The molecule has 5 nitrogen and oxygen atoms in total. The van der Waals surface area contributed by atoms with Crippen molar-refractivity contribution in [2.45, 2.75) is 13.1 Å². The number of para-hydroxylation sites is 1. The summed E-state index contributed by atoms with van der Waals surface area (Å²) in [6, 6.07) is 9.49. The molecule has 0 unspecified atom stereocenters. The van der Waals surface area contributed by atoms with Gasteiger partial charge in [-0.25, -0.2) is 4.79 Å². The van der Waals surface area contributed by atoms with Crippen molar-refractivity contribution >= 4 is 23.3 Å². The summed E-state index contributed by atoms with van der Waals surface area (Å²) in [5, 5.41) is 5.05. The summed E-state index contributed by atoms with van der Waals surface area (Å²) >= 11 is 0. The predicted octanol–water partition coefficient (Wildman–Crippen LogP) is 3.85. The van der Waals surface area contributed by atoms with Gasteiger partial charge >= 0.3 is 12.1 Å². The Morgan fingerprint density at radius 1 is 1.08 bits per heavy atom. The fourth-order valence-corrected chi connectivity index (χ4v) is 2.27. The molecule has 2 N–H and O–H groups in total. The topological polar surface area (TPSA) is 67.4 Å². The lowest BCUT2D eigenvalue weighted by atomic mass is 10.1. The van der Waals surface area contributed by atoms with Crippen LogP contribution in [0.25, 0.3) is 0 Å². The Kier molecular flexibility index (Phi) is 5.86. The van der Waals surface area contributed by atoms with Crippen LogP contribution >= 0.6 is 0 Å². The van der Waals surface area contributed by atoms with Crippen LogP contribution in [0.1, 0.15) is 21.5 Å². The molecule has 2 aromatic rings. The van der Waals surface area contributed by atoms with Gasteiger partial charge in [0.1, 0.15) is 0 Å². The van der Waals surface area contributed by atoms with E-state index < -0.39 is 23.6 Å². The van der Waals surface area contributed by atoms with Gasteiger partial charge in [-0.3, -0.25) is 4.79 Å². The van der Waals surface area contributed by atoms with Gasteiger partial charge in [-0.1, -0.05) is 18.2 Å². The van der Waals surface area contributed by atoms with Gasteiger partial charge in [0.25, 0.3) is 0 Å². The highest BCUT2D eigenvalue weighted by atomic mass is 19.4. The Morgan fingerprint density at radius 2 is 1.77 bits per heavy atom. The highest BCUT2D eigenvalue weighted by molar-refractivity contribution is 5.95. The summed E-state index contributed by atoms with van der Waals surface area (Å²) in [4.78, 5) is 23.6. The average Bonchev–Trinajstić information content (AvgIpc) is 2.60. The van der Waals surface area contributed by atoms with E-state index in [2.05, 4.69) is 15.4 Å². The number of carbonyl (C=O) groups is 2. The largest absolute Gasteiger partial charge is 0.465 e. The number of benzene rings is 2. The molecule has 0 saturated carbocycles. The van der Waals surface area contributed by atoms with Crippen LogP contribution < -0.4 is 10.6 Å². The van der Waals surface area contributed by atoms with Gasteiger partial charge in [0, 0.05) is 5.69 Å². The second-order valence-corrected chi connectivity index (χ2v) is 5.47. The lowest BCUT2D eigenvalue weighted by Gasteiger charge is -2.14. The van der Waals surface area contributed by atoms with Crippen molar-refractivity contribution in [1.82, 2.24) is 0 Å². The molecule has 8 heteroatoms. The van der Waals surface area contributed by atoms with Crippen LogP contribution in [0.4, 0.5) is 24.5 Å². The van der Waals surface area contributed by atoms with Crippen molar-refractivity contribution < 1.29 is 27.5 Å². The Labute approximate surface area is 148 Å². The Bertz CT molecular complexity index is 820. The van der Waals surface area contributed by atoms with Gasteiger partial charge < -0.3 is 15.4 Å². The van der Waals surface area contributed by atoms with E-state index in [4.69, 9.17) is 0 Å². The molecule has 0 aliphatic carbocycles. The number of carbonyl (C=O) groups excluding carboxylic acids is 2. The third-order valence-corrected chi connectivity index (χ3v) is 3.60. The molecule has 0 radical (unpaired) electrons. The molecule has 1 amide bonds. The van der Waals surface area contributed by atoms with E-state index in [0.717, 1.165) is 11.6 Å². The molecule has 0 bridgehead atoms. The van der Waals surface area contributed by atoms with Crippen molar-refractivity contribution in [2.24, 2.45) is 0 Å². The lowest BCUT2D eigenvalue weighted by Crippen LogP contribution is -2.24. The fraction of sp³-hybridized carbons (Fsp3) is 0.222. The maximum absolute atomic E-state index is 12.9. The highest BCUT2D eigenvalue weighted by Crippen LogP contribution is 2.34. The zero-order valence-electron chi connectivity index (χ0n) is 14.1. The number of alkyl halides is 3. The molecule has 0 atom stereocenters. The number of ether oxygens (including phenoxy) is 1. The maximum atomic E-state index is 12.9. The third-order valence-electron chi connectivity index (χ3n) is 3.60. The number of hydrogen-bond acceptors (Lipinski definition) is 4. The number of nitrogens with one attached hydrogen (secondary N) is 2. The Morgan fingerprint density at radius 3 is 2.42 bits per heavy atom. The predicted molar refractivity (Wildman–Crippen MR) is 91.1 cm³/mol. The Balaban J connectivity index is 2.08. The first kappa shape index (κ1) is 19.3. The van der Waals surface area contributed by atoms with Gasteiger partial charge in [-0.2, -0.15) is 13.2 Å². The van der Waals surface area contributed by atoms with Crippen molar-refractivity contribution in [3.8, 4) is 0 Å². The molecule has 138 valence electrons. The van der Waals surface area contributed by atoms with Crippen LogP contribution in [0, 0.1) is 6.92 Å². The minimum Gasteiger partial charge on any atom is -0.465 e. The summed E-state index contributed by atoms with van der Waals surface area (Å²) in [5.74, 6) is -1.18. The molecular formula is C18H17F3N2O3. The monoisotopic (exact) mass is 366 g/mol. The molecule has 0 aliphatic heterocycles. The van der Waals surface area contributed by atoms with Crippen LogP contribution in [0.3, 0.4) is 0 Å². The van der Waals surface area contributed by atoms with Crippen molar-refractivity contribution in [1.29, 1.82) is 0 Å². The number of amides is 1. The van der Waals surface area contributed by atoms with E-state index in [-0.39, 0.29) is 12.2 Å². The zero-order valence-corrected chi connectivity index (χ0v) is 14.1. The van der Waals surface area contributed by atoms with Crippen LogP contribution in [0.15, 0.2) is 42.5 Å². The minimum absolute atomic E-state index is 0.266. The van der Waals surface area contributed by atoms with E-state index in [1.165, 1.54) is 31.4 Å². The normalized spacial score (nSPS) is 11.0. The van der Waals surface area contributed by atoms with Crippen molar-refractivity contribution in [3.63, 3.8) is 0 Å². The van der Waals surface area contributed by atoms with Gasteiger partial charge in [0.2, 0.25) is 5.91 Å². The van der Waals surface area contributed by atoms with E-state index in [0.29, 0.717) is 11.3 Å². The summed E-state index contributed by atoms with van der Waals surface area (Å²) in [7, 11) is 1.25. The first-order valence-electron chi connectivity index (χ1n) is 7.61. The molecule has 0 spiro atoms. The smallest absolute Gasteiger partial charge is 0.418 e. The van der Waals surface area contributed by atoms with E-state index >= 15 is 0 Å². The molecule has 2 rings (SSSR count). The fourth-order valence-electron chi connectivity index (χ4n) is 2.27. The number of halogens is 3. The van der Waals surface area contributed by atoms with Gasteiger partial charge in [-0.05, 0) is 36.8 Å². The average molecular weight is 366 g/mol. The standard InChI is InChI=1S/C18H17F3N2O3/c1-11-7-8-12(17(25)26-2)9-15(11)22-10-16(24)23-14-6-4-3-5-13(14)18(19,20)21/h3-9,22H,10H2,1-2H3,(H,23,24). The summed E-state index contributed by atoms with van der Waals surface area (Å²) in [5.41, 5.74) is 0.334. The highest BCUT2D eigenvalue weighted by Gasteiger charge is 2.33. The molecule has 0 saturated heterocycles. The number of esters is 1. The van der Waals surface area contributed by atoms with Crippen molar-refractivity contribution in [3.05, 3.63) is 59.2 Å². The lowest BCUT2D eigenvalue weighted by molar-refractivity contribution is -0.137. The Hall–Kier alpha value is -3.03. The summed E-state index contributed by atoms with van der Waals surface area (Å²) in [6.45, 7) is 1.50. The summed E-state index contributed by atoms with van der Waals surface area (Å²) < 4.78 is 43.5. The number of rotatable bonds is 5. The number of anilines is 2. The molecular weight excluding hydrogens is 349 g/mol. The quantitative estimate of drug-likeness (QED) is 0.789. The first-order chi connectivity index (χ1) is 12.2. The molecule has 0 fully saturated rings. The number of methoxy groups -OCH3 is 1. The summed E-state index contributed by atoms with van der Waals surface area (Å²) in [6.07, 6.45) is -4.57. The van der Waals surface area contributed by atoms with Gasteiger partial charge in [0.15, 0.2) is 0 Å². The number of hydrogen-bond donors (Lipinski definition) is 2. The third kappa shape index (κ3) is 4.75. The van der Waals surface area contributed by atoms with Crippen LogP contribution in [-0.2, 0) is 15.7 Å². The molecule has 2 aromatic carbocycles. The zero-order chi connectivity index (χ0) is 19.3. The second-order valence-electron chi connectivity index (χ2n) is 5.47. The maximum Gasteiger partial charge on any atom is 0.418 e. The van der Waals surface area contributed by atoms with Gasteiger partial charge in [0.05, 0.1) is 30.5 Å². The second kappa shape index (κ2) is 7.90. The van der Waals surface area contributed by atoms with Crippen molar-refractivity contribution in [2.75, 3.05) is 24.3 Å². The van der Waals surface area contributed by atoms with Crippen LogP contribution in [0.5, 0.6) is 0 Å². The molecule has 0 aromatic heterocycles. The minimum atomic E-state index is -4.57. The number of aryl methyl sites for hydroxylation is 1. The molecule has 0 heterocycles. The van der Waals surface area contributed by atoms with E-state index in [1.807, 2.05) is 0 Å². The van der Waals surface area contributed by atoms with Crippen LogP contribution in [-0.4, -0.2) is 25.5 Å². The van der Waals surface area contributed by atoms with E-state index in [1.54, 1.807) is 19.1 Å². The molecule has 0 aliphatic rings. The SMILES string of the molecule is COC(=O)c1ccc(C)c(NCC(=O)Nc2ccccc2C(F)(F)F)c1. The first-order valence-corrected chi connectivity index (χ1v) is 7.61. The van der Waals surface area contributed by atoms with Crippen LogP contribution in [0.2, 0.25) is 0 Å². The van der Waals surface area contributed by atoms with Gasteiger partial charge in [-0.15, -0.1) is 0 Å². The van der Waals surface area contributed by atoms with E-state index in [9.17, 15) is 22.8 Å².